The van der Waals surface area contributed by atoms with Crippen molar-refractivity contribution < 1.29 is 30.0 Å². The number of hydrogen-bond acceptors (Lipinski definition) is 6. The molecule has 0 aromatic heterocycles. The summed E-state index contributed by atoms with van der Waals surface area (Å²) in [5.74, 6) is -0.00261. The summed E-state index contributed by atoms with van der Waals surface area (Å²) in [4.78, 5) is 24.2. The molecule has 6 heteroatoms. The first kappa shape index (κ1) is 25.0. The molecule has 0 saturated heterocycles. The fourth-order valence-electron chi connectivity index (χ4n) is 8.23. The molecule has 6 nitrogen and oxygen atoms in total. The SMILES string of the molecule is C[C@H]([C@H](O)CCC(C)(O)C=O)[C@H]1CC[C@@]2(O)C3=CC(=O)[C@@H]4C[C@@H](O)CC[C@]4(C)[C@H]3CC[C@]12C. The predicted octanol–water partition coefficient (Wildman–Crippen LogP) is 2.95. The molecule has 0 aromatic rings. The van der Waals surface area contributed by atoms with Gasteiger partial charge >= 0.3 is 0 Å². The summed E-state index contributed by atoms with van der Waals surface area (Å²) in [7, 11) is 0. The van der Waals surface area contributed by atoms with Crippen molar-refractivity contribution in [3.8, 4) is 0 Å². The van der Waals surface area contributed by atoms with Gasteiger partial charge in [-0.3, -0.25) is 4.79 Å². The molecule has 0 heterocycles. The molecular formula is C27H42O6. The normalized spacial score (nSPS) is 46.3. The van der Waals surface area contributed by atoms with Crippen molar-refractivity contribution in [1.82, 2.24) is 0 Å². The number of carbonyl (C=O) groups is 2. The van der Waals surface area contributed by atoms with E-state index < -0.39 is 28.8 Å². The Morgan fingerprint density at radius 2 is 1.88 bits per heavy atom. The number of aliphatic hydroxyl groups excluding tert-OH is 2. The third kappa shape index (κ3) is 3.76. The summed E-state index contributed by atoms with van der Waals surface area (Å²) >= 11 is 0. The molecule has 4 aliphatic rings. The van der Waals surface area contributed by atoms with Crippen LogP contribution in [0.3, 0.4) is 0 Å². The third-order valence-corrected chi connectivity index (χ3v) is 10.6. The molecule has 4 aliphatic carbocycles. The molecule has 10 atom stereocenters. The van der Waals surface area contributed by atoms with Gasteiger partial charge in [-0.25, -0.2) is 0 Å². The Kier molecular flexibility index (Phi) is 6.26. The molecule has 33 heavy (non-hydrogen) atoms. The van der Waals surface area contributed by atoms with E-state index in [9.17, 15) is 30.0 Å². The lowest BCUT2D eigenvalue weighted by molar-refractivity contribution is -0.142. The summed E-state index contributed by atoms with van der Waals surface area (Å²) in [5.41, 5.74) is -2.28. The zero-order valence-electron chi connectivity index (χ0n) is 20.6. The predicted molar refractivity (Wildman–Crippen MR) is 124 cm³/mol. The van der Waals surface area contributed by atoms with Gasteiger partial charge in [0.05, 0.1) is 17.8 Å². The van der Waals surface area contributed by atoms with Gasteiger partial charge in [-0.1, -0.05) is 20.8 Å². The van der Waals surface area contributed by atoms with E-state index in [1.807, 2.05) is 6.92 Å². The maximum Gasteiger partial charge on any atom is 0.159 e. The number of carbonyl (C=O) groups excluding carboxylic acids is 2. The van der Waals surface area contributed by atoms with Crippen LogP contribution in [-0.2, 0) is 9.59 Å². The molecular weight excluding hydrogens is 420 g/mol. The zero-order chi connectivity index (χ0) is 24.4. The minimum absolute atomic E-state index is 0.0489. The first-order chi connectivity index (χ1) is 15.3. The van der Waals surface area contributed by atoms with Gasteiger partial charge in [-0.05, 0) is 99.5 Å². The molecule has 0 radical (unpaired) electrons. The van der Waals surface area contributed by atoms with Crippen molar-refractivity contribution in [2.24, 2.45) is 34.5 Å². The Morgan fingerprint density at radius 3 is 2.55 bits per heavy atom. The van der Waals surface area contributed by atoms with Crippen LogP contribution < -0.4 is 0 Å². The third-order valence-electron chi connectivity index (χ3n) is 10.6. The van der Waals surface area contributed by atoms with E-state index in [-0.39, 0.29) is 41.3 Å². The van der Waals surface area contributed by atoms with E-state index in [1.54, 1.807) is 6.08 Å². The van der Waals surface area contributed by atoms with E-state index >= 15 is 0 Å². The van der Waals surface area contributed by atoms with Crippen LogP contribution in [0, 0.1) is 34.5 Å². The molecule has 4 rings (SSSR count). The van der Waals surface area contributed by atoms with Gasteiger partial charge in [0.1, 0.15) is 5.60 Å². The van der Waals surface area contributed by atoms with E-state index in [4.69, 9.17) is 0 Å². The molecule has 0 aliphatic heterocycles. The largest absolute Gasteiger partial charge is 0.393 e. The monoisotopic (exact) mass is 462 g/mol. The van der Waals surface area contributed by atoms with Crippen molar-refractivity contribution >= 4 is 12.1 Å². The highest BCUT2D eigenvalue weighted by Gasteiger charge is 2.66. The van der Waals surface area contributed by atoms with Crippen LogP contribution >= 0.6 is 0 Å². The lowest BCUT2D eigenvalue weighted by Crippen LogP contribution is -2.59. The molecule has 186 valence electrons. The summed E-state index contributed by atoms with van der Waals surface area (Å²) in [5, 5.41) is 43.3. The van der Waals surface area contributed by atoms with E-state index in [0.717, 1.165) is 31.3 Å². The van der Waals surface area contributed by atoms with Crippen molar-refractivity contribution in [2.75, 3.05) is 0 Å². The van der Waals surface area contributed by atoms with Crippen LogP contribution in [0.25, 0.3) is 0 Å². The smallest absolute Gasteiger partial charge is 0.159 e. The Hall–Kier alpha value is -1.08. The highest BCUT2D eigenvalue weighted by molar-refractivity contribution is 5.95. The summed E-state index contributed by atoms with van der Waals surface area (Å²) in [6, 6.07) is 0. The van der Waals surface area contributed by atoms with Crippen LogP contribution in [0.1, 0.15) is 85.5 Å². The lowest BCUT2D eigenvalue weighted by Gasteiger charge is -2.59. The number of aldehydes is 1. The van der Waals surface area contributed by atoms with Gasteiger partial charge in [0.15, 0.2) is 12.1 Å². The second-order valence-corrected chi connectivity index (χ2v) is 12.4. The molecule has 1 unspecified atom stereocenters. The average Bonchev–Trinajstić information content (AvgIpc) is 3.04. The Balaban J connectivity index is 1.60. The van der Waals surface area contributed by atoms with E-state index in [1.165, 1.54) is 6.92 Å². The first-order valence-electron chi connectivity index (χ1n) is 12.8. The highest BCUT2D eigenvalue weighted by atomic mass is 16.3. The second kappa shape index (κ2) is 8.25. The fourth-order valence-corrected chi connectivity index (χ4v) is 8.23. The Labute approximate surface area is 197 Å². The minimum atomic E-state index is -1.44. The van der Waals surface area contributed by atoms with Crippen LogP contribution in [0.15, 0.2) is 11.6 Å². The standard InChI is InChI=1S/C27H42O6/c1-16(22(30)8-9-24(2,32)15-28)18-7-12-27(33)20-14-23(31)21-13-17(29)5-10-25(21,3)19(20)6-11-26(18,27)4/h14-19,21-22,29-30,32-33H,5-13H2,1-4H3/t16-,17-,18+,19-,21-,22+,24?,25+,26+,27+/m0/s1. The molecule has 0 aromatic carbocycles. The van der Waals surface area contributed by atoms with Gasteiger partial charge in [-0.2, -0.15) is 0 Å². The number of aliphatic hydroxyl groups is 4. The first-order valence-corrected chi connectivity index (χ1v) is 12.8. The molecule has 3 fully saturated rings. The maximum atomic E-state index is 13.2. The topological polar surface area (TPSA) is 115 Å². The molecule has 0 bridgehead atoms. The Bertz CT molecular complexity index is 834. The van der Waals surface area contributed by atoms with Crippen LogP contribution in [0.4, 0.5) is 0 Å². The molecule has 0 amide bonds. The fraction of sp³-hybridized carbons (Fsp3) is 0.852. The lowest BCUT2D eigenvalue weighted by atomic mass is 9.46. The van der Waals surface area contributed by atoms with E-state index in [2.05, 4.69) is 13.8 Å². The number of ketones is 1. The van der Waals surface area contributed by atoms with Gasteiger partial charge in [0.25, 0.3) is 0 Å². The van der Waals surface area contributed by atoms with Crippen molar-refractivity contribution in [2.45, 2.75) is 109 Å². The molecule has 0 spiro atoms. The Morgan fingerprint density at radius 1 is 1.18 bits per heavy atom. The number of fused-ring (bicyclic) bond motifs is 5. The van der Waals surface area contributed by atoms with Crippen LogP contribution in [-0.4, -0.2) is 55.9 Å². The quantitative estimate of drug-likeness (QED) is 0.451. The molecule has 3 saturated carbocycles. The van der Waals surface area contributed by atoms with Crippen molar-refractivity contribution in [1.29, 1.82) is 0 Å². The number of hydrogen-bond donors (Lipinski definition) is 4. The van der Waals surface area contributed by atoms with Gasteiger partial charge in [-0.15, -0.1) is 0 Å². The number of allylic oxidation sites excluding steroid dienone is 1. The van der Waals surface area contributed by atoms with Gasteiger partial charge in [0, 0.05) is 11.3 Å². The van der Waals surface area contributed by atoms with Crippen LogP contribution in [0.2, 0.25) is 0 Å². The van der Waals surface area contributed by atoms with E-state index in [0.29, 0.717) is 32.0 Å². The maximum absolute atomic E-state index is 13.2. The zero-order valence-corrected chi connectivity index (χ0v) is 20.6. The van der Waals surface area contributed by atoms with Crippen molar-refractivity contribution in [3.05, 3.63) is 11.6 Å². The summed E-state index contributed by atoms with van der Waals surface area (Å²) in [6.07, 6.45) is 6.77. The molecule has 4 N–H and O–H groups in total. The summed E-state index contributed by atoms with van der Waals surface area (Å²) in [6.45, 7) is 7.77. The highest BCUT2D eigenvalue weighted by Crippen LogP contribution is 2.68. The van der Waals surface area contributed by atoms with Crippen LogP contribution in [0.5, 0.6) is 0 Å². The minimum Gasteiger partial charge on any atom is -0.393 e. The average molecular weight is 463 g/mol. The second-order valence-electron chi connectivity index (χ2n) is 12.4. The van der Waals surface area contributed by atoms with Crippen molar-refractivity contribution in [3.63, 3.8) is 0 Å². The van der Waals surface area contributed by atoms with Gasteiger partial charge in [0.2, 0.25) is 0 Å². The van der Waals surface area contributed by atoms with Gasteiger partial charge < -0.3 is 25.2 Å². The summed E-state index contributed by atoms with van der Waals surface area (Å²) < 4.78 is 0. The number of rotatable bonds is 6.